The van der Waals surface area contributed by atoms with E-state index in [1.165, 1.54) is 44.9 Å². The second kappa shape index (κ2) is 8.58. The molecule has 11 heavy (non-hydrogen) atoms. The van der Waals surface area contributed by atoms with Crippen molar-refractivity contribution in [2.24, 2.45) is 0 Å². The van der Waals surface area contributed by atoms with Gasteiger partial charge in [-0.25, -0.2) is 0 Å². The van der Waals surface area contributed by atoms with E-state index in [1.54, 1.807) is 0 Å². The van der Waals surface area contributed by atoms with Gasteiger partial charge in [0.15, 0.2) is 0 Å². The van der Waals surface area contributed by atoms with Crippen molar-refractivity contribution < 1.29 is 0 Å². The maximum absolute atomic E-state index is 3.56. The number of halogens is 1. The Morgan fingerprint density at radius 2 is 1.55 bits per heavy atom. The molecule has 0 aliphatic rings. The first-order valence-corrected chi connectivity index (χ1v) is 5.83. The molecule has 0 saturated heterocycles. The quantitative estimate of drug-likeness (QED) is 0.438. The molecule has 0 heterocycles. The lowest BCUT2D eigenvalue weighted by atomic mass is 10.1. The van der Waals surface area contributed by atoms with Gasteiger partial charge in [0.05, 0.1) is 0 Å². The normalized spacial score (nSPS) is 13.4. The Bertz CT molecular complexity index is 69.3. The summed E-state index contributed by atoms with van der Waals surface area (Å²) in [5.74, 6) is 0. The second-order valence-corrected chi connectivity index (χ2v) is 4.90. The molecule has 1 unspecified atom stereocenters. The van der Waals surface area contributed by atoms with Crippen LogP contribution in [0.25, 0.3) is 0 Å². The highest BCUT2D eigenvalue weighted by atomic mass is 79.9. The van der Waals surface area contributed by atoms with E-state index < -0.39 is 0 Å². The number of alkyl halides is 1. The van der Waals surface area contributed by atoms with Crippen LogP contribution in [0.4, 0.5) is 0 Å². The van der Waals surface area contributed by atoms with Gasteiger partial charge in [0, 0.05) is 4.83 Å². The Hall–Kier alpha value is 0.480. The summed E-state index contributed by atoms with van der Waals surface area (Å²) in [6.07, 6.45) is 9.82. The van der Waals surface area contributed by atoms with E-state index >= 15 is 0 Å². The Morgan fingerprint density at radius 1 is 1.00 bits per heavy atom. The van der Waals surface area contributed by atoms with E-state index in [2.05, 4.69) is 29.8 Å². The minimum atomic E-state index is 0.716. The van der Waals surface area contributed by atoms with Gasteiger partial charge in [0.25, 0.3) is 0 Å². The van der Waals surface area contributed by atoms with E-state index in [0.717, 1.165) is 0 Å². The van der Waals surface area contributed by atoms with Crippen molar-refractivity contribution in [2.75, 3.05) is 0 Å². The van der Waals surface area contributed by atoms with Crippen LogP contribution in [0.5, 0.6) is 0 Å². The van der Waals surface area contributed by atoms with Crippen LogP contribution >= 0.6 is 15.9 Å². The van der Waals surface area contributed by atoms with Crippen LogP contribution < -0.4 is 0 Å². The van der Waals surface area contributed by atoms with Crippen molar-refractivity contribution in [3.05, 3.63) is 0 Å². The molecule has 0 aromatic rings. The van der Waals surface area contributed by atoms with Gasteiger partial charge in [-0.05, 0) is 6.42 Å². The molecule has 0 amide bonds. The molecule has 0 spiro atoms. The molecule has 0 aliphatic heterocycles. The van der Waals surface area contributed by atoms with E-state index in [-0.39, 0.29) is 0 Å². The third kappa shape index (κ3) is 10.5. The van der Waals surface area contributed by atoms with Crippen LogP contribution in [0.2, 0.25) is 0 Å². The van der Waals surface area contributed by atoms with E-state index in [9.17, 15) is 0 Å². The zero-order valence-electron chi connectivity index (χ0n) is 7.91. The lowest BCUT2D eigenvalue weighted by molar-refractivity contribution is 0.590. The molecule has 0 N–H and O–H groups in total. The molecule has 0 saturated carbocycles. The lowest BCUT2D eigenvalue weighted by Crippen LogP contribution is -1.89. The van der Waals surface area contributed by atoms with Gasteiger partial charge >= 0.3 is 0 Å². The molecule has 0 aliphatic carbocycles. The topological polar surface area (TPSA) is 0 Å². The summed E-state index contributed by atoms with van der Waals surface area (Å²) in [6, 6.07) is 0. The molecule has 0 aromatic heterocycles. The Kier molecular flexibility index (Phi) is 8.95. The van der Waals surface area contributed by atoms with Gasteiger partial charge in [-0.3, -0.25) is 0 Å². The van der Waals surface area contributed by atoms with Gasteiger partial charge in [0.1, 0.15) is 0 Å². The third-order valence-electron chi connectivity index (χ3n) is 1.96. The minimum absolute atomic E-state index is 0.716. The molecule has 0 radical (unpaired) electrons. The Morgan fingerprint density at radius 3 is 2.09 bits per heavy atom. The summed E-state index contributed by atoms with van der Waals surface area (Å²) in [4.78, 5) is 0.716. The van der Waals surface area contributed by atoms with Gasteiger partial charge in [-0.15, -0.1) is 0 Å². The highest BCUT2D eigenvalue weighted by Gasteiger charge is 1.94. The van der Waals surface area contributed by atoms with E-state index in [4.69, 9.17) is 0 Å². The predicted molar refractivity (Wildman–Crippen MR) is 56.4 cm³/mol. The molecule has 1 atom stereocenters. The number of unbranched alkanes of at least 4 members (excludes halogenated alkanes) is 5. The average Bonchev–Trinajstić information content (AvgIpc) is 1.96. The van der Waals surface area contributed by atoms with Crippen LogP contribution in [0.15, 0.2) is 0 Å². The smallest absolute Gasteiger partial charge is 0.0117 e. The van der Waals surface area contributed by atoms with Crippen LogP contribution in [0, 0.1) is 0 Å². The molecule has 0 rings (SSSR count). The predicted octanol–water partition coefficient (Wildman–Crippen LogP) is 4.52. The summed E-state index contributed by atoms with van der Waals surface area (Å²) >= 11 is 3.56. The Balaban J connectivity index is 2.80. The molecular formula is C10H21Br. The second-order valence-electron chi connectivity index (χ2n) is 3.34. The first-order chi connectivity index (χ1) is 5.27. The SMILES string of the molecule is CCCCCCCCC(C)Br. The first kappa shape index (κ1) is 11.5. The van der Waals surface area contributed by atoms with Crippen molar-refractivity contribution >= 4 is 15.9 Å². The standard InChI is InChI=1S/C10H21Br/c1-3-4-5-6-7-8-9-10(2)11/h10H,3-9H2,1-2H3. The Labute approximate surface area is 79.9 Å². The van der Waals surface area contributed by atoms with Gasteiger partial charge in [-0.1, -0.05) is 68.3 Å². The van der Waals surface area contributed by atoms with Crippen molar-refractivity contribution in [1.29, 1.82) is 0 Å². The fourth-order valence-corrected chi connectivity index (χ4v) is 1.53. The number of rotatable bonds is 7. The maximum atomic E-state index is 3.56. The van der Waals surface area contributed by atoms with E-state index in [0.29, 0.717) is 4.83 Å². The molecule has 0 bridgehead atoms. The summed E-state index contributed by atoms with van der Waals surface area (Å²) in [6.45, 7) is 4.49. The van der Waals surface area contributed by atoms with Gasteiger partial charge in [-0.2, -0.15) is 0 Å². The summed E-state index contributed by atoms with van der Waals surface area (Å²) in [7, 11) is 0. The number of hydrogen-bond donors (Lipinski definition) is 0. The molecule has 1 heteroatoms. The summed E-state index contributed by atoms with van der Waals surface area (Å²) in [5.41, 5.74) is 0. The average molecular weight is 221 g/mol. The van der Waals surface area contributed by atoms with Gasteiger partial charge < -0.3 is 0 Å². The number of hydrogen-bond acceptors (Lipinski definition) is 0. The molecule has 0 aromatic carbocycles. The maximum Gasteiger partial charge on any atom is 0.0117 e. The highest BCUT2D eigenvalue weighted by Crippen LogP contribution is 2.11. The zero-order chi connectivity index (χ0) is 8.53. The van der Waals surface area contributed by atoms with Crippen LogP contribution in [-0.4, -0.2) is 4.83 Å². The van der Waals surface area contributed by atoms with Gasteiger partial charge in [0.2, 0.25) is 0 Å². The largest absolute Gasteiger partial charge is 0.0894 e. The fraction of sp³-hybridized carbons (Fsp3) is 1.00. The van der Waals surface area contributed by atoms with Crippen LogP contribution in [-0.2, 0) is 0 Å². The van der Waals surface area contributed by atoms with Crippen LogP contribution in [0.3, 0.4) is 0 Å². The zero-order valence-corrected chi connectivity index (χ0v) is 9.49. The van der Waals surface area contributed by atoms with E-state index in [1.807, 2.05) is 0 Å². The lowest BCUT2D eigenvalue weighted by Gasteiger charge is -2.02. The first-order valence-electron chi connectivity index (χ1n) is 4.91. The van der Waals surface area contributed by atoms with Crippen molar-refractivity contribution in [2.45, 2.75) is 63.6 Å². The molecule has 0 fully saturated rings. The minimum Gasteiger partial charge on any atom is -0.0894 e. The van der Waals surface area contributed by atoms with Crippen LogP contribution in [0.1, 0.15) is 58.8 Å². The highest BCUT2D eigenvalue weighted by molar-refractivity contribution is 9.09. The fourth-order valence-electron chi connectivity index (χ4n) is 1.21. The van der Waals surface area contributed by atoms with Crippen molar-refractivity contribution in [3.63, 3.8) is 0 Å². The molecular weight excluding hydrogens is 200 g/mol. The van der Waals surface area contributed by atoms with Crippen molar-refractivity contribution in [3.8, 4) is 0 Å². The molecule has 0 nitrogen and oxygen atoms in total. The monoisotopic (exact) mass is 220 g/mol. The third-order valence-corrected chi connectivity index (χ3v) is 2.41. The summed E-state index contributed by atoms with van der Waals surface area (Å²) < 4.78 is 0. The summed E-state index contributed by atoms with van der Waals surface area (Å²) in [5, 5.41) is 0. The van der Waals surface area contributed by atoms with Crippen molar-refractivity contribution in [1.82, 2.24) is 0 Å². The molecule has 68 valence electrons.